The molecular formula is C13H7N3O5S2. The van der Waals surface area contributed by atoms with Crippen molar-refractivity contribution in [1.82, 2.24) is 5.01 Å². The average Bonchev–Trinajstić information content (AvgIpc) is 3.21. The van der Waals surface area contributed by atoms with Gasteiger partial charge in [0.05, 0.1) is 23.4 Å². The van der Waals surface area contributed by atoms with Gasteiger partial charge in [-0.25, -0.2) is 0 Å². The molecule has 0 saturated carbocycles. The van der Waals surface area contributed by atoms with Crippen molar-refractivity contribution in [2.45, 2.75) is 0 Å². The Labute approximate surface area is 138 Å². The van der Waals surface area contributed by atoms with Gasteiger partial charge in [-0.05, 0) is 30.4 Å². The Morgan fingerprint density at radius 2 is 2.17 bits per heavy atom. The molecule has 8 nitrogen and oxygen atoms in total. The first kappa shape index (κ1) is 15.2. The molecule has 10 heteroatoms. The Kier molecular flexibility index (Phi) is 4.08. The van der Waals surface area contributed by atoms with E-state index in [0.29, 0.717) is 10.7 Å². The fourth-order valence-corrected chi connectivity index (χ4v) is 2.84. The lowest BCUT2D eigenvalue weighted by atomic mass is 10.4. The second-order valence-corrected chi connectivity index (χ2v) is 5.86. The molecule has 0 aromatic carbocycles. The molecule has 1 fully saturated rings. The minimum atomic E-state index is -0.664. The smallest absolute Gasteiger partial charge is 0.433 e. The summed E-state index contributed by atoms with van der Waals surface area (Å²) >= 11 is 6.18. The molecule has 116 valence electrons. The summed E-state index contributed by atoms with van der Waals surface area (Å²) in [6.07, 6.45) is 4.24. The SMILES string of the molecule is O=C1/C(=C\c2ccco2)SC(=S)N1/N=C/c1ccc([N+](=O)[O-])o1. The van der Waals surface area contributed by atoms with Crippen molar-refractivity contribution >= 4 is 52.4 Å². The number of thioether (sulfide) groups is 1. The quantitative estimate of drug-likeness (QED) is 0.275. The highest BCUT2D eigenvalue weighted by Crippen LogP contribution is 2.32. The minimum absolute atomic E-state index is 0.140. The summed E-state index contributed by atoms with van der Waals surface area (Å²) in [5.41, 5.74) is 0. The van der Waals surface area contributed by atoms with Crippen LogP contribution < -0.4 is 0 Å². The third kappa shape index (κ3) is 3.22. The molecule has 1 saturated heterocycles. The molecule has 3 heterocycles. The molecule has 0 aliphatic carbocycles. The zero-order valence-electron chi connectivity index (χ0n) is 11.2. The predicted octanol–water partition coefficient (Wildman–Crippen LogP) is 3.02. The summed E-state index contributed by atoms with van der Waals surface area (Å²) in [4.78, 5) is 22.5. The topological polar surface area (TPSA) is 102 Å². The van der Waals surface area contributed by atoms with E-state index in [9.17, 15) is 14.9 Å². The predicted molar refractivity (Wildman–Crippen MR) is 86.7 cm³/mol. The fourth-order valence-electron chi connectivity index (χ4n) is 1.69. The molecule has 0 N–H and O–H groups in total. The van der Waals surface area contributed by atoms with Crippen molar-refractivity contribution < 1.29 is 18.6 Å². The van der Waals surface area contributed by atoms with Crippen molar-refractivity contribution in [2.24, 2.45) is 5.10 Å². The van der Waals surface area contributed by atoms with Crippen LogP contribution in [0.15, 0.2) is 49.4 Å². The number of amides is 1. The maximum Gasteiger partial charge on any atom is 0.433 e. The number of furan rings is 2. The van der Waals surface area contributed by atoms with Gasteiger partial charge in [0.2, 0.25) is 0 Å². The lowest BCUT2D eigenvalue weighted by Crippen LogP contribution is -2.22. The molecule has 23 heavy (non-hydrogen) atoms. The number of hydrogen-bond donors (Lipinski definition) is 0. The molecular weight excluding hydrogens is 342 g/mol. The van der Waals surface area contributed by atoms with E-state index >= 15 is 0 Å². The maximum absolute atomic E-state index is 12.2. The van der Waals surface area contributed by atoms with Crippen molar-refractivity contribution in [3.05, 3.63) is 57.1 Å². The summed E-state index contributed by atoms with van der Waals surface area (Å²) in [6.45, 7) is 0. The largest absolute Gasteiger partial charge is 0.465 e. The van der Waals surface area contributed by atoms with Crippen LogP contribution in [0.2, 0.25) is 0 Å². The van der Waals surface area contributed by atoms with Gasteiger partial charge in [-0.3, -0.25) is 14.9 Å². The lowest BCUT2D eigenvalue weighted by molar-refractivity contribution is -0.402. The molecule has 1 amide bonds. The molecule has 0 radical (unpaired) electrons. The first-order chi connectivity index (χ1) is 11.0. The molecule has 0 spiro atoms. The second-order valence-electron chi connectivity index (χ2n) is 4.19. The highest BCUT2D eigenvalue weighted by atomic mass is 32.2. The number of hydrazone groups is 1. The molecule has 1 aliphatic rings. The van der Waals surface area contributed by atoms with Gasteiger partial charge in [0, 0.05) is 6.08 Å². The van der Waals surface area contributed by atoms with Crippen LogP contribution >= 0.6 is 24.0 Å². The van der Waals surface area contributed by atoms with Crippen molar-refractivity contribution in [2.75, 3.05) is 0 Å². The molecule has 2 aromatic heterocycles. The van der Waals surface area contributed by atoms with Crippen LogP contribution in [-0.2, 0) is 4.79 Å². The van der Waals surface area contributed by atoms with E-state index in [2.05, 4.69) is 5.10 Å². The fraction of sp³-hybridized carbons (Fsp3) is 0. The van der Waals surface area contributed by atoms with Crippen molar-refractivity contribution in [3.63, 3.8) is 0 Å². The first-order valence-corrected chi connectivity index (χ1v) is 7.37. The van der Waals surface area contributed by atoms with E-state index in [-0.39, 0.29) is 10.1 Å². The van der Waals surface area contributed by atoms with E-state index in [1.807, 2.05) is 0 Å². The normalized spacial score (nSPS) is 16.9. The van der Waals surface area contributed by atoms with Crippen LogP contribution in [-0.4, -0.2) is 26.4 Å². The van der Waals surface area contributed by atoms with Crippen LogP contribution in [0, 0.1) is 10.1 Å². The van der Waals surface area contributed by atoms with E-state index < -0.39 is 16.7 Å². The average molecular weight is 349 g/mol. The Morgan fingerprint density at radius 3 is 2.83 bits per heavy atom. The number of nitrogens with zero attached hydrogens (tertiary/aromatic N) is 3. The van der Waals surface area contributed by atoms with Crippen LogP contribution in [0.3, 0.4) is 0 Å². The zero-order valence-corrected chi connectivity index (χ0v) is 12.9. The molecule has 0 unspecified atom stereocenters. The van der Waals surface area contributed by atoms with E-state index in [1.54, 1.807) is 18.2 Å². The number of thiocarbonyl (C=S) groups is 1. The first-order valence-electron chi connectivity index (χ1n) is 6.14. The maximum atomic E-state index is 12.2. The van der Waals surface area contributed by atoms with Gasteiger partial charge in [-0.2, -0.15) is 10.1 Å². The van der Waals surface area contributed by atoms with Crippen molar-refractivity contribution in [1.29, 1.82) is 0 Å². The summed E-state index contributed by atoms with van der Waals surface area (Å²) in [7, 11) is 0. The van der Waals surface area contributed by atoms with Gasteiger partial charge < -0.3 is 8.83 Å². The minimum Gasteiger partial charge on any atom is -0.465 e. The molecule has 3 rings (SSSR count). The third-order valence-corrected chi connectivity index (χ3v) is 3.97. The molecule has 0 atom stereocenters. The van der Waals surface area contributed by atoms with E-state index in [0.717, 1.165) is 16.8 Å². The number of rotatable bonds is 4. The van der Waals surface area contributed by atoms with Crippen molar-refractivity contribution in [3.8, 4) is 0 Å². The second kappa shape index (κ2) is 6.18. The van der Waals surface area contributed by atoms with Gasteiger partial charge in [0.15, 0.2) is 10.1 Å². The number of hydrogen-bond acceptors (Lipinski definition) is 8. The lowest BCUT2D eigenvalue weighted by Gasteiger charge is -2.04. The molecule has 2 aromatic rings. The Balaban J connectivity index is 1.77. The van der Waals surface area contributed by atoms with Gasteiger partial charge >= 0.3 is 5.88 Å². The van der Waals surface area contributed by atoms with E-state index in [4.69, 9.17) is 21.1 Å². The van der Waals surface area contributed by atoms with Crippen LogP contribution in [0.5, 0.6) is 0 Å². The monoisotopic (exact) mass is 349 g/mol. The number of nitro groups is 1. The summed E-state index contributed by atoms with van der Waals surface area (Å²) in [5.74, 6) is -0.153. The zero-order chi connectivity index (χ0) is 16.4. The van der Waals surface area contributed by atoms with Gasteiger partial charge in [0.25, 0.3) is 5.91 Å². The van der Waals surface area contributed by atoms with Gasteiger partial charge in [-0.15, -0.1) is 0 Å². The number of carbonyl (C=O) groups excluding carboxylic acids is 1. The van der Waals surface area contributed by atoms with Crippen LogP contribution in [0.1, 0.15) is 11.5 Å². The molecule has 1 aliphatic heterocycles. The van der Waals surface area contributed by atoms with Gasteiger partial charge in [0.1, 0.15) is 10.7 Å². The highest BCUT2D eigenvalue weighted by Gasteiger charge is 2.32. The summed E-state index contributed by atoms with van der Waals surface area (Å²) in [6, 6.07) is 5.98. The number of carbonyl (C=O) groups is 1. The Bertz CT molecular complexity index is 838. The van der Waals surface area contributed by atoms with Crippen LogP contribution in [0.4, 0.5) is 5.88 Å². The molecule has 0 bridgehead atoms. The Hall–Kier alpha value is -2.72. The van der Waals surface area contributed by atoms with Gasteiger partial charge in [-0.1, -0.05) is 11.8 Å². The van der Waals surface area contributed by atoms with E-state index in [1.165, 1.54) is 24.6 Å². The Morgan fingerprint density at radius 1 is 1.35 bits per heavy atom. The highest BCUT2D eigenvalue weighted by molar-refractivity contribution is 8.26. The summed E-state index contributed by atoms with van der Waals surface area (Å²) < 4.78 is 10.3. The standard InChI is InChI=1S/C13H7N3O5S2/c17-12-10(6-8-2-1-5-20-8)23-13(22)15(12)14-7-9-3-4-11(21-9)16(18)19/h1-7H/b10-6+,14-7+. The van der Waals surface area contributed by atoms with Crippen LogP contribution in [0.25, 0.3) is 6.08 Å². The summed E-state index contributed by atoms with van der Waals surface area (Å²) in [5, 5.41) is 15.5. The third-order valence-electron chi connectivity index (χ3n) is 2.68.